The van der Waals surface area contributed by atoms with Gasteiger partial charge in [0.2, 0.25) is 17.4 Å². The summed E-state index contributed by atoms with van der Waals surface area (Å²) >= 11 is 0. The van der Waals surface area contributed by atoms with Crippen molar-refractivity contribution in [3.8, 4) is 34.5 Å². The van der Waals surface area contributed by atoms with Crippen LogP contribution in [0.25, 0.3) is 0 Å². The molecule has 1 aliphatic heterocycles. The summed E-state index contributed by atoms with van der Waals surface area (Å²) in [5.74, 6) is 3.47. The minimum Gasteiger partial charge on any atom is -0.493 e. The Hall–Kier alpha value is -4.41. The maximum atomic E-state index is 13.9. The lowest BCUT2D eigenvalue weighted by molar-refractivity contribution is -0.116. The van der Waals surface area contributed by atoms with Crippen LogP contribution >= 0.6 is 0 Å². The molecular formula is C27H30N4O7. The molecule has 1 aromatic heterocycles. The van der Waals surface area contributed by atoms with Gasteiger partial charge in [0, 0.05) is 17.7 Å². The van der Waals surface area contributed by atoms with E-state index in [0.29, 0.717) is 58.9 Å². The summed E-state index contributed by atoms with van der Waals surface area (Å²) in [6.07, 6.45) is 2.34. The molecule has 2 heterocycles. The van der Waals surface area contributed by atoms with Crippen molar-refractivity contribution in [3.05, 3.63) is 53.0 Å². The van der Waals surface area contributed by atoms with E-state index in [-0.39, 0.29) is 11.7 Å². The highest BCUT2D eigenvalue weighted by molar-refractivity contribution is 6.00. The minimum atomic E-state index is -0.522. The lowest BCUT2D eigenvalue weighted by Gasteiger charge is -2.35. The van der Waals surface area contributed by atoms with Crippen molar-refractivity contribution in [2.24, 2.45) is 0 Å². The Morgan fingerprint density at radius 2 is 1.29 bits per heavy atom. The number of carbonyl (C=O) groups excluding carboxylic acids is 1. The number of hydrogen-bond acceptors (Lipinski definition) is 10. The number of allylic oxidation sites excluding steroid dienone is 2. The molecule has 38 heavy (non-hydrogen) atoms. The van der Waals surface area contributed by atoms with E-state index in [2.05, 4.69) is 15.4 Å². The molecule has 0 saturated carbocycles. The van der Waals surface area contributed by atoms with Gasteiger partial charge in [-0.15, -0.1) is 0 Å². The molecule has 2 atom stereocenters. The molecule has 11 heteroatoms. The largest absolute Gasteiger partial charge is 0.493 e. The van der Waals surface area contributed by atoms with E-state index in [1.54, 1.807) is 47.3 Å². The Kier molecular flexibility index (Phi) is 6.75. The summed E-state index contributed by atoms with van der Waals surface area (Å²) in [6.45, 7) is 0. The molecule has 1 aliphatic carbocycles. The quantitative estimate of drug-likeness (QED) is 0.469. The number of hydrogen-bond donors (Lipinski definition) is 1. The lowest BCUT2D eigenvalue weighted by Crippen LogP contribution is -2.33. The number of carbonyl (C=O) groups is 1. The van der Waals surface area contributed by atoms with Crippen molar-refractivity contribution in [2.75, 3.05) is 48.0 Å². The Morgan fingerprint density at radius 1 is 0.763 bits per heavy atom. The number of nitrogens with one attached hydrogen (secondary N) is 1. The Labute approximate surface area is 220 Å². The van der Waals surface area contributed by atoms with Gasteiger partial charge in [-0.25, -0.2) is 4.68 Å². The van der Waals surface area contributed by atoms with E-state index in [4.69, 9.17) is 28.4 Å². The SMILES string of the molecule is COc1cc(C2CC(=O)C3=C(C2)Nc2ncnn2C3c2cc(OC)c(OC)c(OC)c2)cc(OC)c1OC. The summed E-state index contributed by atoms with van der Waals surface area (Å²) in [6, 6.07) is 6.95. The van der Waals surface area contributed by atoms with Gasteiger partial charge >= 0.3 is 0 Å². The zero-order valence-corrected chi connectivity index (χ0v) is 22.2. The van der Waals surface area contributed by atoms with E-state index in [1.165, 1.54) is 6.33 Å². The van der Waals surface area contributed by atoms with Crippen LogP contribution in [0.4, 0.5) is 5.95 Å². The van der Waals surface area contributed by atoms with Gasteiger partial charge in [-0.3, -0.25) is 4.79 Å². The van der Waals surface area contributed by atoms with Crippen LogP contribution in [-0.2, 0) is 4.79 Å². The molecule has 0 amide bonds. The van der Waals surface area contributed by atoms with Crippen LogP contribution in [-0.4, -0.2) is 63.2 Å². The number of fused-ring (bicyclic) bond motifs is 1. The summed E-state index contributed by atoms with van der Waals surface area (Å²) in [4.78, 5) is 18.3. The lowest BCUT2D eigenvalue weighted by atomic mass is 9.77. The van der Waals surface area contributed by atoms with Crippen LogP contribution in [0.1, 0.15) is 35.9 Å². The van der Waals surface area contributed by atoms with Crippen molar-refractivity contribution < 1.29 is 33.2 Å². The van der Waals surface area contributed by atoms with Crippen molar-refractivity contribution in [3.63, 3.8) is 0 Å². The van der Waals surface area contributed by atoms with Gasteiger partial charge in [-0.2, -0.15) is 10.1 Å². The van der Waals surface area contributed by atoms with Crippen molar-refractivity contribution in [2.45, 2.75) is 24.8 Å². The first-order valence-corrected chi connectivity index (χ1v) is 12.0. The van der Waals surface area contributed by atoms with Crippen LogP contribution in [0.15, 0.2) is 41.9 Å². The molecule has 0 spiro atoms. The standard InChI is InChI=1S/C27H30N4O7/c1-33-19-9-15(10-20(34-2)25(19)37-5)14-7-17-23(18(32)8-14)24(31-27(30-17)28-13-29-31)16-11-21(35-3)26(38-6)22(12-16)36-4/h9-14,24H,7-8H2,1-6H3,(H,28,29,30). The molecule has 2 unspecified atom stereocenters. The number of benzene rings is 2. The van der Waals surface area contributed by atoms with E-state index in [1.807, 2.05) is 24.3 Å². The highest BCUT2D eigenvalue weighted by atomic mass is 16.5. The van der Waals surface area contributed by atoms with Gasteiger partial charge in [0.25, 0.3) is 0 Å². The molecule has 3 aromatic rings. The number of aromatic nitrogens is 3. The molecule has 11 nitrogen and oxygen atoms in total. The van der Waals surface area contributed by atoms with E-state index in [9.17, 15) is 4.79 Å². The summed E-state index contributed by atoms with van der Waals surface area (Å²) in [5.41, 5.74) is 3.10. The first-order valence-electron chi connectivity index (χ1n) is 12.0. The van der Waals surface area contributed by atoms with Crippen LogP contribution < -0.4 is 33.7 Å². The summed E-state index contributed by atoms with van der Waals surface area (Å²) < 4.78 is 34.9. The average molecular weight is 523 g/mol. The molecule has 0 saturated heterocycles. The fourth-order valence-corrected chi connectivity index (χ4v) is 5.29. The van der Waals surface area contributed by atoms with Gasteiger partial charge in [-0.05, 0) is 47.7 Å². The molecule has 2 aliphatic rings. The van der Waals surface area contributed by atoms with Crippen molar-refractivity contribution >= 4 is 11.7 Å². The predicted molar refractivity (Wildman–Crippen MR) is 138 cm³/mol. The zero-order chi connectivity index (χ0) is 27.0. The van der Waals surface area contributed by atoms with Crippen LogP contribution in [0.3, 0.4) is 0 Å². The monoisotopic (exact) mass is 522 g/mol. The summed E-state index contributed by atoms with van der Waals surface area (Å²) in [5, 5.41) is 7.77. The van der Waals surface area contributed by atoms with Gasteiger partial charge in [0.05, 0.1) is 42.7 Å². The van der Waals surface area contributed by atoms with E-state index < -0.39 is 6.04 Å². The topological polar surface area (TPSA) is 115 Å². The minimum absolute atomic E-state index is 0.00240. The Bertz CT molecular complexity index is 1360. The maximum absolute atomic E-state index is 13.9. The second-order valence-corrected chi connectivity index (χ2v) is 8.89. The molecular weight excluding hydrogens is 492 g/mol. The third-order valence-corrected chi connectivity index (χ3v) is 7.02. The number of nitrogens with zero attached hydrogens (tertiary/aromatic N) is 3. The summed E-state index contributed by atoms with van der Waals surface area (Å²) in [7, 11) is 9.38. The van der Waals surface area contributed by atoms with Gasteiger partial charge < -0.3 is 33.7 Å². The number of ether oxygens (including phenoxy) is 6. The molecule has 5 rings (SSSR count). The Balaban J connectivity index is 1.61. The molecule has 1 N–H and O–H groups in total. The number of methoxy groups -OCH3 is 6. The Morgan fingerprint density at radius 3 is 1.79 bits per heavy atom. The molecule has 200 valence electrons. The smallest absolute Gasteiger partial charge is 0.226 e. The van der Waals surface area contributed by atoms with Gasteiger partial charge in [0.1, 0.15) is 12.4 Å². The van der Waals surface area contributed by atoms with Crippen molar-refractivity contribution in [1.29, 1.82) is 0 Å². The molecule has 0 bridgehead atoms. The zero-order valence-electron chi connectivity index (χ0n) is 22.2. The molecule has 0 fully saturated rings. The fourth-order valence-electron chi connectivity index (χ4n) is 5.29. The first kappa shape index (κ1) is 25.2. The predicted octanol–water partition coefficient (Wildman–Crippen LogP) is 3.75. The molecule has 0 radical (unpaired) electrons. The normalized spacial score (nSPS) is 18.2. The molecule has 2 aromatic carbocycles. The maximum Gasteiger partial charge on any atom is 0.226 e. The number of ketones is 1. The van der Waals surface area contributed by atoms with Crippen LogP contribution in [0.5, 0.6) is 34.5 Å². The third kappa shape index (κ3) is 4.04. The number of anilines is 1. The number of rotatable bonds is 8. The fraction of sp³-hybridized carbons (Fsp3) is 0.370. The highest BCUT2D eigenvalue weighted by Gasteiger charge is 2.40. The average Bonchev–Trinajstić information content (AvgIpc) is 3.42. The highest BCUT2D eigenvalue weighted by Crippen LogP contribution is 2.49. The second-order valence-electron chi connectivity index (χ2n) is 8.89. The first-order chi connectivity index (χ1) is 18.5. The van der Waals surface area contributed by atoms with Crippen LogP contribution in [0, 0.1) is 0 Å². The van der Waals surface area contributed by atoms with Gasteiger partial charge in [0.15, 0.2) is 28.8 Å². The van der Waals surface area contributed by atoms with E-state index >= 15 is 0 Å². The second kappa shape index (κ2) is 10.2. The van der Waals surface area contributed by atoms with Crippen LogP contribution in [0.2, 0.25) is 0 Å². The van der Waals surface area contributed by atoms with Crippen molar-refractivity contribution in [1.82, 2.24) is 14.8 Å². The third-order valence-electron chi connectivity index (χ3n) is 7.02. The number of Topliss-reactive ketones (excluding diaryl/α,β-unsaturated/α-hetero) is 1. The van der Waals surface area contributed by atoms with E-state index in [0.717, 1.165) is 16.8 Å². The van der Waals surface area contributed by atoms with Gasteiger partial charge in [-0.1, -0.05) is 0 Å².